The molecule has 0 aliphatic carbocycles. The number of hydrogen-bond donors (Lipinski definition) is 0. The van der Waals surface area contributed by atoms with Crippen LogP contribution in [0.25, 0.3) is 0 Å². The summed E-state index contributed by atoms with van der Waals surface area (Å²) in [7, 11) is 0. The maximum absolute atomic E-state index is 12.2. The van der Waals surface area contributed by atoms with Crippen LogP contribution >= 0.6 is 0 Å². The molecule has 0 aliphatic heterocycles. The number of benzene rings is 1. The van der Waals surface area contributed by atoms with Crippen molar-refractivity contribution in [2.45, 2.75) is 66.0 Å². The summed E-state index contributed by atoms with van der Waals surface area (Å²) in [5.74, 6) is 0.592. The molecule has 1 rings (SSSR count). The molecule has 0 bridgehead atoms. The highest BCUT2D eigenvalue weighted by molar-refractivity contribution is 5.71. The third-order valence-electron chi connectivity index (χ3n) is 3.25. The number of nitrogens with zero attached hydrogens (tertiary/aromatic N) is 1. The highest BCUT2D eigenvalue weighted by atomic mass is 16.6. The Balaban J connectivity index is 2.81. The molecule has 3 heteroatoms. The van der Waals surface area contributed by atoms with E-state index >= 15 is 0 Å². The molecule has 20 heavy (non-hydrogen) atoms. The molecular formula is C17H27NO2. The standard InChI is InChI=1S/C17H27NO2/c1-12(2)18(13(3)4)16(19)20-15-10-8-14(9-11-15)17(5,6)7/h8-13H,1-7H3. The van der Waals surface area contributed by atoms with E-state index in [4.69, 9.17) is 4.74 Å². The van der Waals surface area contributed by atoms with Gasteiger partial charge >= 0.3 is 6.09 Å². The van der Waals surface area contributed by atoms with E-state index in [1.54, 1.807) is 4.90 Å². The lowest BCUT2D eigenvalue weighted by atomic mass is 9.87. The van der Waals surface area contributed by atoms with Gasteiger partial charge in [0.25, 0.3) is 0 Å². The van der Waals surface area contributed by atoms with Crippen molar-refractivity contribution in [3.8, 4) is 5.75 Å². The molecule has 0 spiro atoms. The van der Waals surface area contributed by atoms with Gasteiger partial charge in [-0.15, -0.1) is 0 Å². The number of carbonyl (C=O) groups is 1. The summed E-state index contributed by atoms with van der Waals surface area (Å²) < 4.78 is 5.45. The van der Waals surface area contributed by atoms with Crippen LogP contribution in [0, 0.1) is 0 Å². The highest BCUT2D eigenvalue weighted by Crippen LogP contribution is 2.24. The van der Waals surface area contributed by atoms with E-state index in [2.05, 4.69) is 20.8 Å². The molecule has 0 saturated carbocycles. The van der Waals surface area contributed by atoms with Crippen LogP contribution in [-0.2, 0) is 5.41 Å². The first kappa shape index (κ1) is 16.5. The number of hydrogen-bond acceptors (Lipinski definition) is 2. The van der Waals surface area contributed by atoms with Crippen LogP contribution < -0.4 is 4.74 Å². The maximum Gasteiger partial charge on any atom is 0.415 e. The smallest absolute Gasteiger partial charge is 0.410 e. The van der Waals surface area contributed by atoms with Crippen molar-refractivity contribution >= 4 is 6.09 Å². The highest BCUT2D eigenvalue weighted by Gasteiger charge is 2.22. The van der Waals surface area contributed by atoms with Crippen molar-refractivity contribution < 1.29 is 9.53 Å². The zero-order chi connectivity index (χ0) is 15.5. The molecule has 0 aliphatic rings. The number of amides is 1. The maximum atomic E-state index is 12.2. The van der Waals surface area contributed by atoms with E-state index in [-0.39, 0.29) is 23.6 Å². The Morgan fingerprint density at radius 2 is 1.45 bits per heavy atom. The van der Waals surface area contributed by atoms with Gasteiger partial charge in [0, 0.05) is 12.1 Å². The van der Waals surface area contributed by atoms with Gasteiger partial charge in [0.15, 0.2) is 0 Å². The molecule has 0 fully saturated rings. The average Bonchev–Trinajstić information content (AvgIpc) is 2.26. The Morgan fingerprint density at radius 3 is 1.80 bits per heavy atom. The van der Waals surface area contributed by atoms with Crippen molar-refractivity contribution in [1.82, 2.24) is 4.90 Å². The van der Waals surface area contributed by atoms with Crippen molar-refractivity contribution in [2.24, 2.45) is 0 Å². The minimum atomic E-state index is -0.293. The normalized spacial score (nSPS) is 11.8. The first-order valence-electron chi connectivity index (χ1n) is 7.23. The van der Waals surface area contributed by atoms with E-state index in [1.807, 2.05) is 52.0 Å². The zero-order valence-corrected chi connectivity index (χ0v) is 13.7. The fourth-order valence-electron chi connectivity index (χ4n) is 2.19. The second kappa shape index (κ2) is 6.29. The minimum absolute atomic E-state index is 0.102. The predicted octanol–water partition coefficient (Wildman–Crippen LogP) is 4.60. The van der Waals surface area contributed by atoms with Crippen molar-refractivity contribution in [3.63, 3.8) is 0 Å². The van der Waals surface area contributed by atoms with E-state index in [0.29, 0.717) is 5.75 Å². The Hall–Kier alpha value is -1.51. The molecular weight excluding hydrogens is 250 g/mol. The summed E-state index contributed by atoms with van der Waals surface area (Å²) in [5.41, 5.74) is 1.33. The number of carbonyl (C=O) groups excluding carboxylic acids is 1. The van der Waals surface area contributed by atoms with Gasteiger partial charge in [-0.05, 0) is 50.8 Å². The first-order valence-corrected chi connectivity index (χ1v) is 7.23. The van der Waals surface area contributed by atoms with Crippen LogP contribution in [0.5, 0.6) is 5.75 Å². The Bertz CT molecular complexity index is 433. The van der Waals surface area contributed by atoms with E-state index in [0.717, 1.165) is 0 Å². The zero-order valence-electron chi connectivity index (χ0n) is 13.7. The summed E-state index contributed by atoms with van der Waals surface area (Å²) in [4.78, 5) is 13.9. The molecule has 0 saturated heterocycles. The summed E-state index contributed by atoms with van der Waals surface area (Å²) in [6, 6.07) is 7.98. The van der Waals surface area contributed by atoms with Crippen molar-refractivity contribution in [1.29, 1.82) is 0 Å². The number of rotatable bonds is 3. The van der Waals surface area contributed by atoms with Gasteiger partial charge in [0.1, 0.15) is 5.75 Å². The molecule has 0 radical (unpaired) electrons. The van der Waals surface area contributed by atoms with Crippen molar-refractivity contribution in [3.05, 3.63) is 29.8 Å². The van der Waals surface area contributed by atoms with Crippen LogP contribution in [0.15, 0.2) is 24.3 Å². The molecule has 1 aromatic carbocycles. The summed E-state index contributed by atoms with van der Waals surface area (Å²) in [6.45, 7) is 14.4. The lowest BCUT2D eigenvalue weighted by Gasteiger charge is -2.29. The fourth-order valence-corrected chi connectivity index (χ4v) is 2.19. The number of ether oxygens (including phenoxy) is 1. The van der Waals surface area contributed by atoms with Gasteiger partial charge < -0.3 is 9.64 Å². The molecule has 0 atom stereocenters. The second-order valence-electron chi connectivity index (χ2n) is 6.74. The van der Waals surface area contributed by atoms with Crippen LogP contribution in [0.3, 0.4) is 0 Å². The van der Waals surface area contributed by atoms with E-state index in [9.17, 15) is 4.79 Å². The quantitative estimate of drug-likeness (QED) is 0.808. The van der Waals surface area contributed by atoms with Gasteiger partial charge in [-0.1, -0.05) is 32.9 Å². The molecule has 112 valence electrons. The summed E-state index contributed by atoms with van der Waals surface area (Å²) >= 11 is 0. The predicted molar refractivity (Wildman–Crippen MR) is 83.3 cm³/mol. The molecule has 0 heterocycles. The minimum Gasteiger partial charge on any atom is -0.410 e. The SMILES string of the molecule is CC(C)N(C(=O)Oc1ccc(C(C)(C)C)cc1)C(C)C. The van der Waals surface area contributed by atoms with Crippen LogP contribution in [0.2, 0.25) is 0 Å². The lowest BCUT2D eigenvalue weighted by molar-refractivity contribution is 0.122. The van der Waals surface area contributed by atoms with Gasteiger partial charge in [0.05, 0.1) is 0 Å². The van der Waals surface area contributed by atoms with E-state index in [1.165, 1.54) is 5.56 Å². The fraction of sp³-hybridized carbons (Fsp3) is 0.588. The van der Waals surface area contributed by atoms with E-state index < -0.39 is 0 Å². The van der Waals surface area contributed by atoms with Gasteiger partial charge in [-0.3, -0.25) is 0 Å². The van der Waals surface area contributed by atoms with Crippen LogP contribution in [0.4, 0.5) is 4.79 Å². The molecule has 3 nitrogen and oxygen atoms in total. The molecule has 0 aromatic heterocycles. The molecule has 1 aromatic rings. The van der Waals surface area contributed by atoms with Crippen LogP contribution in [-0.4, -0.2) is 23.1 Å². The molecule has 0 unspecified atom stereocenters. The van der Waals surface area contributed by atoms with Gasteiger partial charge in [0.2, 0.25) is 0 Å². The molecule has 0 N–H and O–H groups in total. The lowest BCUT2D eigenvalue weighted by Crippen LogP contribution is -2.43. The topological polar surface area (TPSA) is 29.5 Å². The van der Waals surface area contributed by atoms with Gasteiger partial charge in [-0.25, -0.2) is 4.79 Å². The second-order valence-corrected chi connectivity index (χ2v) is 6.74. The van der Waals surface area contributed by atoms with Crippen molar-refractivity contribution in [2.75, 3.05) is 0 Å². The third-order valence-corrected chi connectivity index (χ3v) is 3.25. The first-order chi connectivity index (χ1) is 9.12. The Kier molecular flexibility index (Phi) is 5.21. The van der Waals surface area contributed by atoms with Gasteiger partial charge in [-0.2, -0.15) is 0 Å². The largest absolute Gasteiger partial charge is 0.415 e. The Morgan fingerprint density at radius 1 is 1.00 bits per heavy atom. The summed E-state index contributed by atoms with van der Waals surface area (Å²) in [5, 5.41) is 0. The average molecular weight is 277 g/mol. The van der Waals surface area contributed by atoms with Crippen LogP contribution in [0.1, 0.15) is 54.0 Å². The monoisotopic (exact) mass is 277 g/mol. The summed E-state index contributed by atoms with van der Waals surface area (Å²) in [6.07, 6.45) is -0.293. The molecule has 1 amide bonds. The Labute approximate surface area is 122 Å². The third kappa shape index (κ3) is 4.26.